The number of allylic oxidation sites excluding steroid dienone is 4. The predicted molar refractivity (Wildman–Crippen MR) is 109 cm³/mol. The fraction of sp³-hybridized carbons (Fsp3) is 0.583. The van der Waals surface area contributed by atoms with E-state index >= 15 is 0 Å². The van der Waals surface area contributed by atoms with Crippen molar-refractivity contribution in [3.05, 3.63) is 47.5 Å². The summed E-state index contributed by atoms with van der Waals surface area (Å²) < 4.78 is 5.50. The second-order valence-corrected chi connectivity index (χ2v) is 8.29. The van der Waals surface area contributed by atoms with Crippen LogP contribution in [0.5, 0.6) is 0 Å². The molecule has 0 bridgehead atoms. The Morgan fingerprint density at radius 1 is 0.926 bits per heavy atom. The second kappa shape index (κ2) is 8.86. The molecule has 0 unspecified atom stereocenters. The number of aliphatic imine (C=N–C) groups is 1. The summed E-state index contributed by atoms with van der Waals surface area (Å²) in [6.45, 7) is 0.571. The summed E-state index contributed by atoms with van der Waals surface area (Å²) in [4.78, 5) is 18.3. The molecule has 1 heterocycles. The van der Waals surface area contributed by atoms with Crippen LogP contribution in [-0.2, 0) is 11.3 Å². The minimum Gasteiger partial charge on any atom is -0.467 e. The van der Waals surface area contributed by atoms with Crippen LogP contribution < -0.4 is 0 Å². The highest BCUT2D eigenvalue weighted by atomic mass is 16.3. The molecule has 0 saturated heterocycles. The quantitative estimate of drug-likeness (QED) is 0.563. The van der Waals surface area contributed by atoms with Crippen LogP contribution >= 0.6 is 0 Å². The summed E-state index contributed by atoms with van der Waals surface area (Å²) in [6.07, 6.45) is 19.0. The van der Waals surface area contributed by atoms with Gasteiger partial charge in [-0.15, -0.1) is 0 Å². The lowest BCUT2D eigenvalue weighted by Gasteiger charge is -2.27. The molecule has 0 aromatic carbocycles. The number of ketones is 1. The summed E-state index contributed by atoms with van der Waals surface area (Å²) in [5, 5.41) is 0. The molecule has 0 spiro atoms. The SMILES string of the molecule is O=C(C1=CCC=C1C(=NCc1ccco1)C1CCCCC1)C1CCCCC1. The van der Waals surface area contributed by atoms with E-state index < -0.39 is 0 Å². The Labute approximate surface area is 162 Å². The van der Waals surface area contributed by atoms with Gasteiger partial charge < -0.3 is 4.42 Å². The lowest BCUT2D eigenvalue weighted by atomic mass is 9.78. The van der Waals surface area contributed by atoms with Crippen molar-refractivity contribution in [3.63, 3.8) is 0 Å². The van der Waals surface area contributed by atoms with Crippen LogP contribution in [0, 0.1) is 11.8 Å². The van der Waals surface area contributed by atoms with Crippen molar-refractivity contribution < 1.29 is 9.21 Å². The van der Waals surface area contributed by atoms with E-state index in [1.54, 1.807) is 6.26 Å². The number of rotatable bonds is 6. The Morgan fingerprint density at radius 2 is 1.59 bits per heavy atom. The van der Waals surface area contributed by atoms with E-state index in [1.807, 2.05) is 12.1 Å². The summed E-state index contributed by atoms with van der Waals surface area (Å²) in [6, 6.07) is 3.90. The zero-order valence-corrected chi connectivity index (χ0v) is 16.3. The minimum atomic E-state index is 0.226. The number of furan rings is 1. The number of hydrogen-bond donors (Lipinski definition) is 0. The van der Waals surface area contributed by atoms with Crippen LogP contribution in [0.25, 0.3) is 0 Å². The third-order valence-corrected chi connectivity index (χ3v) is 6.43. The van der Waals surface area contributed by atoms with Gasteiger partial charge in [-0.2, -0.15) is 0 Å². The number of carbonyl (C=O) groups excluding carboxylic acids is 1. The first-order valence-electron chi connectivity index (χ1n) is 10.8. The second-order valence-electron chi connectivity index (χ2n) is 8.29. The van der Waals surface area contributed by atoms with E-state index in [0.717, 1.165) is 36.2 Å². The summed E-state index contributed by atoms with van der Waals surface area (Å²) in [7, 11) is 0. The fourth-order valence-electron chi connectivity index (χ4n) is 4.95. The van der Waals surface area contributed by atoms with Gasteiger partial charge in [0.2, 0.25) is 0 Å². The van der Waals surface area contributed by atoms with Gasteiger partial charge in [-0.3, -0.25) is 9.79 Å². The highest BCUT2D eigenvalue weighted by Gasteiger charge is 2.31. The average Bonchev–Trinajstić information content (AvgIpc) is 3.41. The normalized spacial score (nSPS) is 22.6. The van der Waals surface area contributed by atoms with E-state index in [0.29, 0.717) is 18.2 Å². The first kappa shape index (κ1) is 18.5. The van der Waals surface area contributed by atoms with Crippen molar-refractivity contribution in [2.45, 2.75) is 77.2 Å². The van der Waals surface area contributed by atoms with Crippen LogP contribution in [0.2, 0.25) is 0 Å². The molecule has 2 saturated carbocycles. The molecule has 1 aromatic rings. The molecule has 27 heavy (non-hydrogen) atoms. The van der Waals surface area contributed by atoms with Gasteiger partial charge in [-0.1, -0.05) is 50.7 Å². The predicted octanol–water partition coefficient (Wildman–Crippen LogP) is 6.21. The third kappa shape index (κ3) is 4.34. The molecule has 0 aliphatic heterocycles. The van der Waals surface area contributed by atoms with Gasteiger partial charge in [0.15, 0.2) is 5.78 Å². The molecule has 0 atom stereocenters. The van der Waals surface area contributed by atoms with Crippen molar-refractivity contribution in [1.82, 2.24) is 0 Å². The van der Waals surface area contributed by atoms with Crippen molar-refractivity contribution in [1.29, 1.82) is 0 Å². The molecular weight excluding hydrogens is 334 g/mol. The average molecular weight is 366 g/mol. The van der Waals surface area contributed by atoms with Gasteiger partial charge >= 0.3 is 0 Å². The molecule has 3 aliphatic carbocycles. The Kier molecular flexibility index (Phi) is 6.06. The van der Waals surface area contributed by atoms with E-state index in [9.17, 15) is 4.79 Å². The van der Waals surface area contributed by atoms with Crippen LogP contribution in [0.15, 0.2) is 51.1 Å². The number of carbonyl (C=O) groups is 1. The Bertz CT molecular complexity index is 726. The molecule has 3 aliphatic rings. The van der Waals surface area contributed by atoms with Crippen molar-refractivity contribution in [2.75, 3.05) is 0 Å². The first-order valence-corrected chi connectivity index (χ1v) is 10.8. The molecule has 144 valence electrons. The van der Waals surface area contributed by atoms with E-state index in [4.69, 9.17) is 9.41 Å². The van der Waals surface area contributed by atoms with Gasteiger partial charge in [0.25, 0.3) is 0 Å². The Hall–Kier alpha value is -1.90. The molecule has 3 heteroatoms. The van der Waals surface area contributed by atoms with Gasteiger partial charge in [0.05, 0.1) is 12.8 Å². The molecule has 1 aromatic heterocycles. The smallest absolute Gasteiger partial charge is 0.166 e. The van der Waals surface area contributed by atoms with Crippen molar-refractivity contribution >= 4 is 11.5 Å². The highest BCUT2D eigenvalue weighted by Crippen LogP contribution is 2.36. The minimum absolute atomic E-state index is 0.226. The standard InChI is InChI=1S/C24H31NO2/c26-24(19-11-5-2-6-12-19)22-15-7-14-21(22)23(18-9-3-1-4-10-18)25-17-20-13-8-16-27-20/h8,13-16,18-19H,1-7,9-12,17H2. The molecule has 2 fully saturated rings. The first-order chi connectivity index (χ1) is 13.3. The molecular formula is C24H31NO2. The van der Waals surface area contributed by atoms with Gasteiger partial charge in [-0.05, 0) is 44.2 Å². The van der Waals surface area contributed by atoms with Crippen LogP contribution in [0.3, 0.4) is 0 Å². The summed E-state index contributed by atoms with van der Waals surface area (Å²) in [5.74, 6) is 1.98. The lowest BCUT2D eigenvalue weighted by molar-refractivity contribution is -0.119. The van der Waals surface area contributed by atoms with E-state index in [1.165, 1.54) is 57.1 Å². The summed E-state index contributed by atoms with van der Waals surface area (Å²) in [5.41, 5.74) is 3.27. The molecule has 0 N–H and O–H groups in total. The molecule has 0 radical (unpaired) electrons. The largest absolute Gasteiger partial charge is 0.467 e. The van der Waals surface area contributed by atoms with Crippen LogP contribution in [-0.4, -0.2) is 11.5 Å². The zero-order chi connectivity index (χ0) is 18.5. The lowest BCUT2D eigenvalue weighted by Crippen LogP contribution is -2.25. The number of Topliss-reactive ketones (excluding diaryl/α,β-unsaturated/α-hetero) is 1. The number of hydrogen-bond acceptors (Lipinski definition) is 3. The third-order valence-electron chi connectivity index (χ3n) is 6.43. The van der Waals surface area contributed by atoms with Crippen molar-refractivity contribution in [3.8, 4) is 0 Å². The highest BCUT2D eigenvalue weighted by molar-refractivity contribution is 6.16. The van der Waals surface area contributed by atoms with Gasteiger partial charge in [-0.25, -0.2) is 0 Å². The van der Waals surface area contributed by atoms with Gasteiger partial charge in [0, 0.05) is 28.7 Å². The Balaban J connectivity index is 1.57. The maximum Gasteiger partial charge on any atom is 0.166 e. The molecule has 0 amide bonds. The van der Waals surface area contributed by atoms with Gasteiger partial charge in [0.1, 0.15) is 5.76 Å². The monoisotopic (exact) mass is 365 g/mol. The topological polar surface area (TPSA) is 42.6 Å². The fourth-order valence-corrected chi connectivity index (χ4v) is 4.95. The van der Waals surface area contributed by atoms with Crippen LogP contribution in [0.4, 0.5) is 0 Å². The molecule has 3 nitrogen and oxygen atoms in total. The maximum absolute atomic E-state index is 13.2. The van der Waals surface area contributed by atoms with E-state index in [2.05, 4.69) is 12.2 Å². The Morgan fingerprint density at radius 3 is 2.26 bits per heavy atom. The zero-order valence-electron chi connectivity index (χ0n) is 16.3. The maximum atomic E-state index is 13.2. The van der Waals surface area contributed by atoms with E-state index in [-0.39, 0.29) is 5.92 Å². The number of nitrogens with zero attached hydrogens (tertiary/aromatic N) is 1. The molecule has 4 rings (SSSR count). The van der Waals surface area contributed by atoms with Crippen molar-refractivity contribution in [2.24, 2.45) is 16.8 Å². The van der Waals surface area contributed by atoms with Crippen LogP contribution in [0.1, 0.15) is 76.4 Å². The summed E-state index contributed by atoms with van der Waals surface area (Å²) >= 11 is 0.